The highest BCUT2D eigenvalue weighted by Gasteiger charge is 2.07. The highest BCUT2D eigenvalue weighted by atomic mass is 16.5. The van der Waals surface area contributed by atoms with Crippen LogP contribution in [0.2, 0.25) is 0 Å². The van der Waals surface area contributed by atoms with Crippen LogP contribution in [0.1, 0.15) is 11.3 Å². The Kier molecular flexibility index (Phi) is 3.82. The van der Waals surface area contributed by atoms with Crippen molar-refractivity contribution in [2.75, 3.05) is 17.9 Å². The van der Waals surface area contributed by atoms with Crippen molar-refractivity contribution < 1.29 is 4.74 Å². The number of nitrogen functional groups attached to an aromatic ring is 1. The molecule has 0 aliphatic rings. The highest BCUT2D eigenvalue weighted by Crippen LogP contribution is 2.21. The number of hydrogen-bond donors (Lipinski definition) is 3. The molecule has 19 heavy (non-hydrogen) atoms. The molecule has 0 saturated heterocycles. The molecule has 2 aromatic rings. The van der Waals surface area contributed by atoms with Crippen LogP contribution < -0.4 is 21.3 Å². The number of hydrazine groups is 1. The summed E-state index contributed by atoms with van der Waals surface area (Å²) in [4.78, 5) is 8.67. The van der Waals surface area contributed by atoms with Crippen molar-refractivity contribution in [3.05, 3.63) is 35.5 Å². The summed E-state index contributed by atoms with van der Waals surface area (Å²) in [5, 5.41) is 3.12. The van der Waals surface area contributed by atoms with E-state index in [0.29, 0.717) is 11.8 Å². The number of aryl methyl sites for hydroxylation is 1. The van der Waals surface area contributed by atoms with Crippen LogP contribution in [-0.4, -0.2) is 17.1 Å². The Morgan fingerprint density at radius 2 is 1.79 bits per heavy atom. The topological polar surface area (TPSA) is 85.1 Å². The minimum Gasteiger partial charge on any atom is -0.497 e. The minimum atomic E-state index is 0.501. The lowest BCUT2D eigenvalue weighted by Crippen LogP contribution is -2.13. The van der Waals surface area contributed by atoms with Gasteiger partial charge in [0.25, 0.3) is 0 Å². The number of benzene rings is 1. The van der Waals surface area contributed by atoms with Crippen LogP contribution in [0.3, 0.4) is 0 Å². The summed E-state index contributed by atoms with van der Waals surface area (Å²) in [6.07, 6.45) is 0. The minimum absolute atomic E-state index is 0.501. The van der Waals surface area contributed by atoms with Crippen LogP contribution in [0.15, 0.2) is 24.3 Å². The maximum atomic E-state index is 5.44. The number of nitrogens with one attached hydrogen (secondary N) is 2. The van der Waals surface area contributed by atoms with Crippen molar-refractivity contribution in [1.29, 1.82) is 0 Å². The normalized spacial score (nSPS) is 10.1. The number of anilines is 3. The van der Waals surface area contributed by atoms with Crippen LogP contribution in [0.25, 0.3) is 0 Å². The first kappa shape index (κ1) is 13.1. The fourth-order valence-corrected chi connectivity index (χ4v) is 1.63. The SMILES string of the molecule is COc1ccc(Nc2nc(C)c(C)c(NN)n2)cc1. The molecule has 1 aromatic heterocycles. The van der Waals surface area contributed by atoms with Gasteiger partial charge in [-0.3, -0.25) is 0 Å². The molecule has 6 nitrogen and oxygen atoms in total. The van der Waals surface area contributed by atoms with Gasteiger partial charge in [0.1, 0.15) is 11.6 Å². The number of nitrogens with zero attached hydrogens (tertiary/aromatic N) is 2. The van der Waals surface area contributed by atoms with Gasteiger partial charge in [-0.05, 0) is 38.1 Å². The first-order chi connectivity index (χ1) is 9.13. The number of ether oxygens (including phenoxy) is 1. The number of rotatable bonds is 4. The standard InChI is InChI=1S/C13H17N5O/c1-8-9(2)15-13(17-12(8)18-14)16-10-4-6-11(19-3)7-5-10/h4-7H,14H2,1-3H3,(H2,15,16,17,18). The van der Waals surface area contributed by atoms with Gasteiger partial charge in [0.15, 0.2) is 0 Å². The number of aromatic nitrogens is 2. The Labute approximate surface area is 112 Å². The first-order valence-corrected chi connectivity index (χ1v) is 5.87. The highest BCUT2D eigenvalue weighted by molar-refractivity contribution is 5.57. The van der Waals surface area contributed by atoms with Gasteiger partial charge in [0, 0.05) is 16.9 Å². The molecular formula is C13H17N5O. The lowest BCUT2D eigenvalue weighted by atomic mass is 10.2. The van der Waals surface area contributed by atoms with E-state index in [4.69, 9.17) is 10.6 Å². The molecule has 0 radical (unpaired) electrons. The molecular weight excluding hydrogens is 242 g/mol. The van der Waals surface area contributed by atoms with Crippen molar-refractivity contribution in [1.82, 2.24) is 9.97 Å². The molecule has 0 unspecified atom stereocenters. The maximum absolute atomic E-state index is 5.44. The van der Waals surface area contributed by atoms with Gasteiger partial charge >= 0.3 is 0 Å². The quantitative estimate of drug-likeness (QED) is 0.576. The van der Waals surface area contributed by atoms with E-state index in [9.17, 15) is 0 Å². The fraction of sp³-hybridized carbons (Fsp3) is 0.231. The largest absolute Gasteiger partial charge is 0.497 e. The van der Waals surface area contributed by atoms with Gasteiger partial charge in [-0.2, -0.15) is 4.98 Å². The van der Waals surface area contributed by atoms with Crippen molar-refractivity contribution in [2.45, 2.75) is 13.8 Å². The summed E-state index contributed by atoms with van der Waals surface area (Å²) in [5.74, 6) is 7.35. The second-order valence-electron chi connectivity index (χ2n) is 4.10. The van der Waals surface area contributed by atoms with E-state index < -0.39 is 0 Å². The molecule has 1 heterocycles. The predicted molar refractivity (Wildman–Crippen MR) is 75.6 cm³/mol. The number of hydrogen-bond acceptors (Lipinski definition) is 6. The Morgan fingerprint density at radius 3 is 2.37 bits per heavy atom. The van der Waals surface area contributed by atoms with Crippen LogP contribution in [-0.2, 0) is 0 Å². The molecule has 6 heteroatoms. The lowest BCUT2D eigenvalue weighted by Gasteiger charge is -2.11. The summed E-state index contributed by atoms with van der Waals surface area (Å²) in [6.45, 7) is 3.83. The van der Waals surface area contributed by atoms with Crippen molar-refractivity contribution in [3.8, 4) is 5.75 Å². The van der Waals surface area contributed by atoms with Gasteiger partial charge in [-0.15, -0.1) is 0 Å². The van der Waals surface area contributed by atoms with Gasteiger partial charge in [-0.25, -0.2) is 10.8 Å². The third-order valence-electron chi connectivity index (χ3n) is 2.87. The number of nitrogens with two attached hydrogens (primary N) is 1. The molecule has 0 fully saturated rings. The van der Waals surface area contributed by atoms with Gasteiger partial charge in [-0.1, -0.05) is 0 Å². The zero-order valence-electron chi connectivity index (χ0n) is 11.2. The van der Waals surface area contributed by atoms with E-state index in [1.165, 1.54) is 0 Å². The summed E-state index contributed by atoms with van der Waals surface area (Å²) in [7, 11) is 1.63. The smallest absolute Gasteiger partial charge is 0.229 e. The van der Waals surface area contributed by atoms with Gasteiger partial charge < -0.3 is 15.5 Å². The van der Waals surface area contributed by atoms with Gasteiger partial charge in [0.05, 0.1) is 7.11 Å². The zero-order valence-corrected chi connectivity index (χ0v) is 11.2. The monoisotopic (exact) mass is 259 g/mol. The Hall–Kier alpha value is -2.34. The van der Waals surface area contributed by atoms with E-state index in [1.807, 2.05) is 38.1 Å². The Morgan fingerprint density at radius 1 is 1.11 bits per heavy atom. The summed E-state index contributed by atoms with van der Waals surface area (Å²) in [6, 6.07) is 7.52. The fourth-order valence-electron chi connectivity index (χ4n) is 1.63. The van der Waals surface area contributed by atoms with Crippen molar-refractivity contribution in [3.63, 3.8) is 0 Å². The van der Waals surface area contributed by atoms with E-state index in [2.05, 4.69) is 20.7 Å². The van der Waals surface area contributed by atoms with Crippen molar-refractivity contribution in [2.24, 2.45) is 5.84 Å². The van der Waals surface area contributed by atoms with Gasteiger partial charge in [0.2, 0.25) is 5.95 Å². The molecule has 1 aromatic carbocycles. The molecule has 4 N–H and O–H groups in total. The molecule has 0 atom stereocenters. The molecule has 2 rings (SSSR count). The van der Waals surface area contributed by atoms with Crippen molar-refractivity contribution >= 4 is 17.5 Å². The molecule has 0 bridgehead atoms. The zero-order chi connectivity index (χ0) is 13.8. The summed E-state index contributed by atoms with van der Waals surface area (Å²) < 4.78 is 5.11. The molecule has 100 valence electrons. The maximum Gasteiger partial charge on any atom is 0.229 e. The van der Waals surface area contributed by atoms with E-state index in [0.717, 1.165) is 22.7 Å². The third kappa shape index (κ3) is 2.92. The van der Waals surface area contributed by atoms with Crippen LogP contribution >= 0.6 is 0 Å². The van der Waals surface area contributed by atoms with Crippen LogP contribution in [0.4, 0.5) is 17.5 Å². The first-order valence-electron chi connectivity index (χ1n) is 5.87. The average molecular weight is 259 g/mol. The van der Waals surface area contributed by atoms with E-state index >= 15 is 0 Å². The molecule has 0 aliphatic heterocycles. The van der Waals surface area contributed by atoms with Crippen LogP contribution in [0.5, 0.6) is 5.75 Å². The summed E-state index contributed by atoms with van der Waals surface area (Å²) >= 11 is 0. The number of methoxy groups -OCH3 is 1. The molecule has 0 amide bonds. The predicted octanol–water partition coefficient (Wildman–Crippen LogP) is 2.13. The molecule has 0 saturated carbocycles. The Bertz CT molecular complexity index is 568. The van der Waals surface area contributed by atoms with E-state index in [-0.39, 0.29) is 0 Å². The summed E-state index contributed by atoms with van der Waals surface area (Å²) in [5.41, 5.74) is 5.26. The third-order valence-corrected chi connectivity index (χ3v) is 2.87. The second-order valence-corrected chi connectivity index (χ2v) is 4.10. The van der Waals surface area contributed by atoms with E-state index in [1.54, 1.807) is 7.11 Å². The molecule has 0 spiro atoms. The molecule has 0 aliphatic carbocycles. The Balaban J connectivity index is 2.25. The second kappa shape index (κ2) is 5.53. The average Bonchev–Trinajstić information content (AvgIpc) is 2.43. The lowest BCUT2D eigenvalue weighted by molar-refractivity contribution is 0.415. The van der Waals surface area contributed by atoms with Crippen LogP contribution in [0, 0.1) is 13.8 Å².